The minimum absolute atomic E-state index is 0.112. The number of nitrogens with one attached hydrogen (secondary N) is 2. The van der Waals surface area contributed by atoms with Gasteiger partial charge in [0.05, 0.1) is 0 Å². The smallest absolute Gasteiger partial charge is 0.242 e. The first kappa shape index (κ1) is 16.0. The van der Waals surface area contributed by atoms with Gasteiger partial charge in [-0.1, -0.05) is 6.92 Å². The van der Waals surface area contributed by atoms with Gasteiger partial charge < -0.3 is 14.8 Å². The van der Waals surface area contributed by atoms with Gasteiger partial charge in [-0.2, -0.15) is 0 Å². The van der Waals surface area contributed by atoms with E-state index in [4.69, 9.17) is 9.47 Å². The molecular formula is C14H19BrN2O4S. The average molecular weight is 391 g/mol. The van der Waals surface area contributed by atoms with E-state index in [1.54, 1.807) is 6.07 Å². The maximum atomic E-state index is 12.7. The van der Waals surface area contributed by atoms with Gasteiger partial charge >= 0.3 is 0 Å². The van der Waals surface area contributed by atoms with E-state index in [9.17, 15) is 8.42 Å². The average Bonchev–Trinajstić information content (AvgIpc) is 2.48. The Bertz CT molecular complexity index is 665. The summed E-state index contributed by atoms with van der Waals surface area (Å²) >= 11 is 3.32. The van der Waals surface area contributed by atoms with Crippen molar-refractivity contribution < 1.29 is 17.9 Å². The first-order chi connectivity index (χ1) is 10.5. The van der Waals surface area contributed by atoms with E-state index in [2.05, 4.69) is 32.9 Å². The van der Waals surface area contributed by atoms with Crippen LogP contribution in [0.1, 0.15) is 13.3 Å². The van der Waals surface area contributed by atoms with Crippen molar-refractivity contribution in [2.45, 2.75) is 24.3 Å². The van der Waals surface area contributed by atoms with Crippen LogP contribution >= 0.6 is 15.9 Å². The predicted molar refractivity (Wildman–Crippen MR) is 85.9 cm³/mol. The van der Waals surface area contributed by atoms with Crippen LogP contribution in [0.3, 0.4) is 0 Å². The van der Waals surface area contributed by atoms with Gasteiger partial charge in [-0.05, 0) is 40.9 Å². The minimum atomic E-state index is -3.63. The molecule has 0 bridgehead atoms. The summed E-state index contributed by atoms with van der Waals surface area (Å²) in [5, 5.41) is 3.22. The number of halogens is 1. The highest BCUT2D eigenvalue weighted by molar-refractivity contribution is 9.10. The Balaban J connectivity index is 1.88. The third-order valence-corrected chi connectivity index (χ3v) is 6.47. The summed E-state index contributed by atoms with van der Waals surface area (Å²) in [7, 11) is -3.63. The molecule has 0 saturated carbocycles. The van der Waals surface area contributed by atoms with E-state index < -0.39 is 10.0 Å². The molecule has 0 spiro atoms. The number of piperidine rings is 1. The van der Waals surface area contributed by atoms with E-state index in [0.717, 1.165) is 13.0 Å². The second-order valence-corrected chi connectivity index (χ2v) is 8.16. The largest absolute Gasteiger partial charge is 0.486 e. The molecule has 8 heteroatoms. The van der Waals surface area contributed by atoms with E-state index in [0.29, 0.717) is 41.6 Å². The Kier molecular flexibility index (Phi) is 4.63. The van der Waals surface area contributed by atoms with Crippen LogP contribution < -0.4 is 19.5 Å². The Labute approximate surface area is 138 Å². The summed E-state index contributed by atoms with van der Waals surface area (Å²) < 4.78 is 39.6. The molecule has 2 heterocycles. The van der Waals surface area contributed by atoms with Crippen molar-refractivity contribution in [3.63, 3.8) is 0 Å². The van der Waals surface area contributed by atoms with Gasteiger partial charge in [0.15, 0.2) is 11.5 Å². The SMILES string of the molecule is CC1CCNCC1NS(=O)(=O)c1cc2c(cc1Br)OCCO2. The van der Waals surface area contributed by atoms with Crippen molar-refractivity contribution in [1.82, 2.24) is 10.0 Å². The molecule has 0 amide bonds. The third-order valence-electron chi connectivity index (χ3n) is 4.02. The molecule has 1 aromatic carbocycles. The Morgan fingerprint density at radius 2 is 1.95 bits per heavy atom. The van der Waals surface area contributed by atoms with Crippen LogP contribution in [0.5, 0.6) is 11.5 Å². The number of hydrogen-bond donors (Lipinski definition) is 2. The summed E-state index contributed by atoms with van der Waals surface area (Å²) in [6, 6.07) is 3.05. The van der Waals surface area contributed by atoms with E-state index in [-0.39, 0.29) is 10.9 Å². The number of fused-ring (bicyclic) bond motifs is 1. The predicted octanol–water partition coefficient (Wildman–Crippen LogP) is 1.50. The highest BCUT2D eigenvalue weighted by Crippen LogP contribution is 2.37. The molecule has 1 aromatic rings. The lowest BCUT2D eigenvalue weighted by molar-refractivity contribution is 0.171. The molecule has 0 aliphatic carbocycles. The number of hydrogen-bond acceptors (Lipinski definition) is 5. The van der Waals surface area contributed by atoms with Crippen molar-refractivity contribution in [1.29, 1.82) is 0 Å². The molecule has 0 radical (unpaired) electrons. The second kappa shape index (κ2) is 6.35. The normalized spacial score (nSPS) is 25.0. The van der Waals surface area contributed by atoms with Gasteiger partial charge in [0.1, 0.15) is 18.1 Å². The number of sulfonamides is 1. The Morgan fingerprint density at radius 1 is 1.27 bits per heavy atom. The first-order valence-electron chi connectivity index (χ1n) is 7.29. The monoisotopic (exact) mass is 390 g/mol. The third kappa shape index (κ3) is 3.24. The van der Waals surface area contributed by atoms with Gasteiger partial charge in [0.25, 0.3) is 0 Å². The molecule has 1 saturated heterocycles. The quantitative estimate of drug-likeness (QED) is 0.817. The van der Waals surface area contributed by atoms with Gasteiger partial charge in [-0.25, -0.2) is 13.1 Å². The van der Waals surface area contributed by atoms with E-state index in [1.165, 1.54) is 6.07 Å². The van der Waals surface area contributed by atoms with Crippen molar-refractivity contribution in [3.8, 4) is 11.5 Å². The molecular weight excluding hydrogens is 372 g/mol. The summed E-state index contributed by atoms with van der Waals surface area (Å²) in [4.78, 5) is 0.175. The van der Waals surface area contributed by atoms with Gasteiger partial charge in [-0.3, -0.25) is 0 Å². The topological polar surface area (TPSA) is 76.7 Å². The maximum Gasteiger partial charge on any atom is 0.242 e. The molecule has 122 valence electrons. The van der Waals surface area contributed by atoms with Crippen molar-refractivity contribution in [3.05, 3.63) is 16.6 Å². The van der Waals surface area contributed by atoms with Gasteiger partial charge in [0.2, 0.25) is 10.0 Å². The molecule has 2 unspecified atom stereocenters. The molecule has 2 N–H and O–H groups in total. The minimum Gasteiger partial charge on any atom is -0.486 e. The van der Waals surface area contributed by atoms with Crippen LogP contribution in [0.15, 0.2) is 21.5 Å². The molecule has 22 heavy (non-hydrogen) atoms. The lowest BCUT2D eigenvalue weighted by Crippen LogP contribution is -2.50. The molecule has 2 aliphatic rings. The molecule has 6 nitrogen and oxygen atoms in total. The summed E-state index contributed by atoms with van der Waals surface area (Å²) in [5.74, 6) is 1.32. The number of benzene rings is 1. The standard InChI is InChI=1S/C14H19BrN2O4S/c1-9-2-3-16-8-11(9)17-22(18,19)14-7-13-12(6-10(14)15)20-4-5-21-13/h6-7,9,11,16-17H,2-5,8H2,1H3. The molecule has 0 aromatic heterocycles. The number of ether oxygens (including phenoxy) is 2. The van der Waals surface area contributed by atoms with E-state index >= 15 is 0 Å². The van der Waals surface area contributed by atoms with Gasteiger partial charge in [-0.15, -0.1) is 0 Å². The molecule has 3 rings (SSSR count). The molecule has 1 fully saturated rings. The second-order valence-electron chi connectivity index (χ2n) is 5.62. The highest BCUT2D eigenvalue weighted by Gasteiger charge is 2.29. The van der Waals surface area contributed by atoms with Crippen molar-refractivity contribution >= 4 is 26.0 Å². The first-order valence-corrected chi connectivity index (χ1v) is 9.57. The summed E-state index contributed by atoms with van der Waals surface area (Å²) in [5.41, 5.74) is 0. The maximum absolute atomic E-state index is 12.7. The number of rotatable bonds is 3. The Hall–Kier alpha value is -0.830. The summed E-state index contributed by atoms with van der Waals surface area (Å²) in [6.07, 6.45) is 0.954. The van der Waals surface area contributed by atoms with Crippen molar-refractivity contribution in [2.75, 3.05) is 26.3 Å². The lowest BCUT2D eigenvalue weighted by atomic mass is 9.96. The Morgan fingerprint density at radius 3 is 2.64 bits per heavy atom. The van der Waals surface area contributed by atoms with Gasteiger partial charge in [0, 0.05) is 23.1 Å². The van der Waals surface area contributed by atoms with Crippen LogP contribution in [0.2, 0.25) is 0 Å². The van der Waals surface area contributed by atoms with E-state index in [1.807, 2.05) is 0 Å². The zero-order chi connectivity index (χ0) is 15.7. The van der Waals surface area contributed by atoms with Crippen molar-refractivity contribution in [2.24, 2.45) is 5.92 Å². The summed E-state index contributed by atoms with van der Waals surface area (Å²) in [6.45, 7) is 4.52. The highest BCUT2D eigenvalue weighted by atomic mass is 79.9. The van der Waals surface area contributed by atoms with Crippen LogP contribution in [0.4, 0.5) is 0 Å². The fourth-order valence-corrected chi connectivity index (χ4v) is 5.04. The van der Waals surface area contributed by atoms with Crippen LogP contribution in [-0.4, -0.2) is 40.8 Å². The van der Waals surface area contributed by atoms with Crippen LogP contribution in [0, 0.1) is 5.92 Å². The lowest BCUT2D eigenvalue weighted by Gasteiger charge is -2.30. The molecule has 2 atom stereocenters. The molecule has 2 aliphatic heterocycles. The van der Waals surface area contributed by atoms with Crippen LogP contribution in [0.25, 0.3) is 0 Å². The fraction of sp³-hybridized carbons (Fsp3) is 0.571. The van der Waals surface area contributed by atoms with Crippen LogP contribution in [-0.2, 0) is 10.0 Å². The fourth-order valence-electron chi connectivity index (χ4n) is 2.66. The zero-order valence-electron chi connectivity index (χ0n) is 12.3. The zero-order valence-corrected chi connectivity index (χ0v) is 14.7.